The van der Waals surface area contributed by atoms with Crippen LogP contribution in [0, 0.1) is 13.8 Å². The number of para-hydroxylation sites is 1. The van der Waals surface area contributed by atoms with Crippen molar-refractivity contribution in [2.45, 2.75) is 32.0 Å². The molecular formula is C41H32N2O. The third kappa shape index (κ3) is 3.30. The lowest BCUT2D eigenvalue weighted by Gasteiger charge is -2.45. The molecule has 1 atom stereocenters. The Morgan fingerprint density at radius 1 is 0.568 bits per heavy atom. The lowest BCUT2D eigenvalue weighted by atomic mass is 9.64. The molecule has 0 saturated heterocycles. The van der Waals surface area contributed by atoms with E-state index in [0.29, 0.717) is 6.54 Å². The molecule has 0 amide bonds. The van der Waals surface area contributed by atoms with Gasteiger partial charge in [0.15, 0.2) is 6.23 Å². The van der Waals surface area contributed by atoms with Gasteiger partial charge in [-0.05, 0) is 89.2 Å². The normalized spacial score (nSPS) is 16.8. The fourth-order valence-electron chi connectivity index (χ4n) is 8.05. The molecule has 1 spiro atoms. The van der Waals surface area contributed by atoms with Crippen molar-refractivity contribution < 1.29 is 5.11 Å². The highest BCUT2D eigenvalue weighted by molar-refractivity contribution is 5.96. The van der Waals surface area contributed by atoms with Gasteiger partial charge in [-0.25, -0.2) is 0 Å². The molecule has 6 aromatic rings. The van der Waals surface area contributed by atoms with Gasteiger partial charge in [-0.3, -0.25) is 0 Å². The third-order valence-electron chi connectivity index (χ3n) is 9.94. The zero-order valence-electron chi connectivity index (χ0n) is 24.8. The van der Waals surface area contributed by atoms with Gasteiger partial charge in [0.2, 0.25) is 0 Å². The number of hydrogen-bond donors (Lipinski definition) is 1. The summed E-state index contributed by atoms with van der Waals surface area (Å²) in [4.78, 5) is 4.48. The van der Waals surface area contributed by atoms with E-state index in [0.717, 1.165) is 22.5 Å². The highest BCUT2D eigenvalue weighted by atomic mass is 16.3. The first kappa shape index (κ1) is 25.4. The highest BCUT2D eigenvalue weighted by Crippen LogP contribution is 2.63. The van der Waals surface area contributed by atoms with E-state index in [1.54, 1.807) is 0 Å². The van der Waals surface area contributed by atoms with Crippen LogP contribution in [0.25, 0.3) is 11.1 Å². The topological polar surface area (TPSA) is 26.7 Å². The Bertz CT molecular complexity index is 2010. The summed E-state index contributed by atoms with van der Waals surface area (Å²) in [6.07, 6.45) is -0.702. The van der Waals surface area contributed by atoms with E-state index < -0.39 is 11.6 Å². The molecule has 0 saturated carbocycles. The lowest BCUT2D eigenvalue weighted by Crippen LogP contribution is -2.36. The maximum atomic E-state index is 11.6. The van der Waals surface area contributed by atoms with Crippen LogP contribution in [0.15, 0.2) is 133 Å². The number of rotatable bonds is 2. The van der Waals surface area contributed by atoms with Gasteiger partial charge in [-0.2, -0.15) is 0 Å². The molecule has 2 heterocycles. The first-order valence-corrected chi connectivity index (χ1v) is 15.4. The van der Waals surface area contributed by atoms with Crippen LogP contribution >= 0.6 is 0 Å². The van der Waals surface area contributed by atoms with E-state index in [1.165, 1.54) is 55.9 Å². The maximum absolute atomic E-state index is 11.6. The smallest absolute Gasteiger partial charge is 0.153 e. The van der Waals surface area contributed by atoms with Gasteiger partial charge in [0, 0.05) is 23.5 Å². The van der Waals surface area contributed by atoms with Crippen molar-refractivity contribution >= 4 is 22.7 Å². The van der Waals surface area contributed by atoms with E-state index in [4.69, 9.17) is 0 Å². The molecule has 0 aromatic heterocycles. The number of benzene rings is 6. The summed E-state index contributed by atoms with van der Waals surface area (Å²) < 4.78 is 0. The Morgan fingerprint density at radius 3 is 1.75 bits per heavy atom. The number of aliphatic hydroxyl groups is 1. The van der Waals surface area contributed by atoms with Crippen molar-refractivity contribution in [1.29, 1.82) is 0 Å². The van der Waals surface area contributed by atoms with Gasteiger partial charge in [-0.15, -0.1) is 0 Å². The summed E-state index contributed by atoms with van der Waals surface area (Å²) in [5, 5.41) is 11.6. The second-order valence-corrected chi connectivity index (χ2v) is 12.4. The fourth-order valence-corrected chi connectivity index (χ4v) is 8.05. The van der Waals surface area contributed by atoms with E-state index in [-0.39, 0.29) is 0 Å². The molecule has 1 N–H and O–H groups in total. The van der Waals surface area contributed by atoms with Crippen LogP contribution in [-0.2, 0) is 12.0 Å². The summed E-state index contributed by atoms with van der Waals surface area (Å²) in [5.74, 6) is 0. The second-order valence-electron chi connectivity index (χ2n) is 12.4. The minimum absolute atomic E-state index is 0.438. The van der Waals surface area contributed by atoms with Crippen LogP contribution in [0.3, 0.4) is 0 Å². The molecule has 9 rings (SSSR count). The second kappa shape index (κ2) is 9.19. The number of aryl methyl sites for hydroxylation is 2. The number of nitrogens with zero attached hydrogens (tertiary/aromatic N) is 2. The minimum atomic E-state index is -0.702. The van der Waals surface area contributed by atoms with Gasteiger partial charge in [0.25, 0.3) is 0 Å². The summed E-state index contributed by atoms with van der Waals surface area (Å²) in [5.41, 5.74) is 16.5. The molecule has 44 heavy (non-hydrogen) atoms. The predicted octanol–water partition coefficient (Wildman–Crippen LogP) is 9.46. The molecule has 3 heteroatoms. The van der Waals surface area contributed by atoms with Gasteiger partial charge < -0.3 is 14.9 Å². The monoisotopic (exact) mass is 568 g/mol. The summed E-state index contributed by atoms with van der Waals surface area (Å²) in [7, 11) is 0. The molecule has 3 aliphatic rings. The minimum Gasteiger partial charge on any atom is -0.369 e. The van der Waals surface area contributed by atoms with Crippen LogP contribution in [0.2, 0.25) is 0 Å². The largest absolute Gasteiger partial charge is 0.369 e. The Morgan fingerprint density at radius 2 is 1.14 bits per heavy atom. The van der Waals surface area contributed by atoms with E-state index in [2.05, 4.69) is 139 Å². The van der Waals surface area contributed by atoms with Gasteiger partial charge in [0.05, 0.1) is 16.8 Å². The summed E-state index contributed by atoms with van der Waals surface area (Å²) >= 11 is 0. The first-order chi connectivity index (χ1) is 21.6. The molecule has 212 valence electrons. The molecule has 0 fully saturated rings. The molecule has 1 unspecified atom stereocenters. The number of anilines is 4. The lowest BCUT2D eigenvalue weighted by molar-refractivity contribution is 0.182. The fraction of sp³-hybridized carbons (Fsp3) is 0.122. The van der Waals surface area contributed by atoms with Crippen molar-refractivity contribution in [3.8, 4) is 11.1 Å². The van der Waals surface area contributed by atoms with Gasteiger partial charge >= 0.3 is 0 Å². The zero-order chi connectivity index (χ0) is 29.6. The average Bonchev–Trinajstić information content (AvgIpc) is 3.55. The van der Waals surface area contributed by atoms with E-state index in [1.807, 2.05) is 18.2 Å². The van der Waals surface area contributed by atoms with E-state index >= 15 is 0 Å². The molecule has 3 nitrogen and oxygen atoms in total. The average molecular weight is 569 g/mol. The molecule has 0 radical (unpaired) electrons. The van der Waals surface area contributed by atoms with Crippen molar-refractivity contribution in [1.82, 2.24) is 0 Å². The van der Waals surface area contributed by atoms with Gasteiger partial charge in [-0.1, -0.05) is 108 Å². The van der Waals surface area contributed by atoms with Crippen molar-refractivity contribution in [2.24, 2.45) is 0 Å². The Balaban J connectivity index is 1.30. The van der Waals surface area contributed by atoms with Crippen molar-refractivity contribution in [3.05, 3.63) is 178 Å². The standard InChI is InChI=1S/C41H32N2O/c1-26-16-20-38-36(22-26)41(34-14-8-6-12-31(34)32-13-7-9-15-35(32)41)37-23-27(2)17-21-39(37)43(38)30-19-18-28-25-42(40(44)33(28)24-30)29-10-4-3-5-11-29/h3-24,40,44H,25H2,1-2H3. The quantitative estimate of drug-likeness (QED) is 0.225. The van der Waals surface area contributed by atoms with E-state index in [9.17, 15) is 5.11 Å². The highest BCUT2D eigenvalue weighted by Gasteiger charge is 2.51. The van der Waals surface area contributed by atoms with Crippen LogP contribution in [-0.4, -0.2) is 5.11 Å². The molecule has 1 aliphatic carbocycles. The Kier molecular flexibility index (Phi) is 5.30. The number of fused-ring (bicyclic) bond motifs is 10. The van der Waals surface area contributed by atoms with Crippen LogP contribution in [0.5, 0.6) is 0 Å². The Labute approximate surface area is 258 Å². The van der Waals surface area contributed by atoms with Crippen LogP contribution < -0.4 is 9.80 Å². The predicted molar refractivity (Wildman–Crippen MR) is 179 cm³/mol. The van der Waals surface area contributed by atoms with Crippen LogP contribution in [0.1, 0.15) is 50.7 Å². The van der Waals surface area contributed by atoms with Crippen molar-refractivity contribution in [3.63, 3.8) is 0 Å². The maximum Gasteiger partial charge on any atom is 0.153 e. The van der Waals surface area contributed by atoms with Crippen molar-refractivity contribution in [2.75, 3.05) is 9.80 Å². The van der Waals surface area contributed by atoms with Crippen LogP contribution in [0.4, 0.5) is 22.7 Å². The molecule has 6 aromatic carbocycles. The summed E-state index contributed by atoms with van der Waals surface area (Å²) in [6, 6.07) is 48.5. The Hall–Kier alpha value is -5.12. The molecular weight excluding hydrogens is 536 g/mol. The third-order valence-corrected chi connectivity index (χ3v) is 9.94. The molecule has 2 aliphatic heterocycles. The SMILES string of the molecule is Cc1ccc2c(c1)C1(c3ccccc3-c3ccccc31)c1cc(C)ccc1N2c1ccc2c(c1)C(O)N(c1ccccc1)C2. The first-order valence-electron chi connectivity index (χ1n) is 15.4. The molecule has 0 bridgehead atoms. The number of hydrogen-bond acceptors (Lipinski definition) is 3. The van der Waals surface area contributed by atoms with Gasteiger partial charge in [0.1, 0.15) is 0 Å². The number of aliphatic hydroxyl groups excluding tert-OH is 1. The zero-order valence-corrected chi connectivity index (χ0v) is 24.8. The summed E-state index contributed by atoms with van der Waals surface area (Å²) in [6.45, 7) is 5.07.